The lowest BCUT2D eigenvalue weighted by Crippen LogP contribution is -2.34. The summed E-state index contributed by atoms with van der Waals surface area (Å²) in [6.45, 7) is 4.19. The summed E-state index contributed by atoms with van der Waals surface area (Å²) in [5.41, 5.74) is 0.403. The van der Waals surface area contributed by atoms with Crippen molar-refractivity contribution in [3.05, 3.63) is 41.7 Å². The minimum absolute atomic E-state index is 0.0406. The van der Waals surface area contributed by atoms with Gasteiger partial charge in [-0.1, -0.05) is 19.3 Å². The van der Waals surface area contributed by atoms with Crippen LogP contribution in [0.15, 0.2) is 24.5 Å². The van der Waals surface area contributed by atoms with Gasteiger partial charge >= 0.3 is 0 Å². The average molecular weight is 386 g/mol. The predicted molar refractivity (Wildman–Crippen MR) is 103 cm³/mol. The van der Waals surface area contributed by atoms with Crippen molar-refractivity contribution in [2.45, 2.75) is 51.5 Å². The van der Waals surface area contributed by atoms with Crippen molar-refractivity contribution < 1.29 is 13.9 Å². The number of halogens is 1. The molecule has 4 rings (SSSR count). The van der Waals surface area contributed by atoms with Crippen LogP contribution in [0.4, 0.5) is 4.39 Å². The van der Waals surface area contributed by atoms with E-state index < -0.39 is 5.82 Å². The molecule has 1 unspecified atom stereocenters. The zero-order chi connectivity index (χ0) is 19.7. The Morgan fingerprint density at radius 2 is 2.11 bits per heavy atom. The Bertz CT molecular complexity index is 860. The first kappa shape index (κ1) is 18.9. The van der Waals surface area contributed by atoms with Crippen LogP contribution < -0.4 is 4.74 Å². The molecular formula is C21H27FN4O2. The maximum absolute atomic E-state index is 14.1. The highest BCUT2D eigenvalue weighted by Gasteiger charge is 2.50. The van der Waals surface area contributed by atoms with Crippen molar-refractivity contribution in [1.82, 2.24) is 19.7 Å². The van der Waals surface area contributed by atoms with Crippen molar-refractivity contribution in [3.63, 3.8) is 0 Å². The molecule has 28 heavy (non-hydrogen) atoms. The highest BCUT2D eigenvalue weighted by molar-refractivity contribution is 5.94. The molecule has 7 heteroatoms. The van der Waals surface area contributed by atoms with E-state index in [1.54, 1.807) is 12.4 Å². The lowest BCUT2D eigenvalue weighted by molar-refractivity contribution is 0.0757. The number of aryl methyl sites for hydroxylation is 1. The molecule has 1 saturated carbocycles. The molecule has 1 aliphatic carbocycles. The predicted octanol–water partition coefficient (Wildman–Crippen LogP) is 3.64. The number of carbonyl (C=O) groups excluding carboxylic acids is 1. The number of aromatic nitrogens is 3. The van der Waals surface area contributed by atoms with Gasteiger partial charge in [0.1, 0.15) is 12.2 Å². The van der Waals surface area contributed by atoms with Crippen molar-refractivity contribution in [2.24, 2.45) is 5.41 Å². The first-order chi connectivity index (χ1) is 13.6. The fourth-order valence-corrected chi connectivity index (χ4v) is 5.00. The third-order valence-corrected chi connectivity index (χ3v) is 6.48. The van der Waals surface area contributed by atoms with Crippen molar-refractivity contribution in [1.29, 1.82) is 0 Å². The molecule has 1 aromatic carbocycles. The van der Waals surface area contributed by atoms with Crippen LogP contribution in [-0.4, -0.2) is 45.8 Å². The number of rotatable bonds is 4. The molecule has 1 spiro atoms. The topological polar surface area (TPSA) is 60.2 Å². The number of amides is 1. The summed E-state index contributed by atoms with van der Waals surface area (Å²) in [5, 5.41) is 8.54. The summed E-state index contributed by atoms with van der Waals surface area (Å²) in [6, 6.07) is 4.43. The van der Waals surface area contributed by atoms with Crippen LogP contribution in [-0.2, 0) is 6.54 Å². The van der Waals surface area contributed by atoms with Crippen LogP contribution in [0.5, 0.6) is 5.75 Å². The van der Waals surface area contributed by atoms with Gasteiger partial charge in [0.15, 0.2) is 11.6 Å². The van der Waals surface area contributed by atoms with E-state index in [1.807, 2.05) is 4.90 Å². The van der Waals surface area contributed by atoms with Gasteiger partial charge in [-0.3, -0.25) is 4.79 Å². The van der Waals surface area contributed by atoms with Crippen molar-refractivity contribution >= 4 is 5.91 Å². The quantitative estimate of drug-likeness (QED) is 0.805. The standard InChI is InChI=1S/C21H27FN4O2/c1-3-25-14-23-24-19(25)16-12-26(13-21(16)9-5-4-6-10-21)20(27)15-7-8-18(28-2)17(22)11-15/h7-8,11,14,16H,3-6,9-10,12-13H2,1-2H3. The summed E-state index contributed by atoms with van der Waals surface area (Å²) in [6.07, 6.45) is 7.55. The number of hydrogen-bond acceptors (Lipinski definition) is 4. The molecule has 2 heterocycles. The molecule has 0 bridgehead atoms. The first-order valence-electron chi connectivity index (χ1n) is 10.1. The Kier molecular flexibility index (Phi) is 5.08. The van der Waals surface area contributed by atoms with Gasteiger partial charge in [-0.05, 0) is 43.4 Å². The largest absolute Gasteiger partial charge is 0.494 e. The van der Waals surface area contributed by atoms with Crippen molar-refractivity contribution in [3.8, 4) is 5.75 Å². The SMILES string of the molecule is CCn1cnnc1C1CN(C(=O)c2ccc(OC)c(F)c2)CC12CCCCC2. The highest BCUT2D eigenvalue weighted by atomic mass is 19.1. The van der Waals surface area contributed by atoms with Crippen LogP contribution >= 0.6 is 0 Å². The Morgan fingerprint density at radius 1 is 1.32 bits per heavy atom. The van der Waals surface area contributed by atoms with E-state index in [1.165, 1.54) is 38.5 Å². The fourth-order valence-electron chi connectivity index (χ4n) is 5.00. The van der Waals surface area contributed by atoms with E-state index in [9.17, 15) is 9.18 Å². The Balaban J connectivity index is 1.64. The first-order valence-corrected chi connectivity index (χ1v) is 10.1. The van der Waals surface area contributed by atoms with Gasteiger partial charge in [0.05, 0.1) is 7.11 Å². The summed E-state index contributed by atoms with van der Waals surface area (Å²) < 4.78 is 21.2. The number of ether oxygens (including phenoxy) is 1. The molecule has 1 amide bonds. The Hall–Kier alpha value is -2.44. The van der Waals surface area contributed by atoms with Crippen LogP contribution in [0, 0.1) is 11.2 Å². The number of methoxy groups -OCH3 is 1. The number of benzene rings is 1. The zero-order valence-corrected chi connectivity index (χ0v) is 16.5. The van der Waals surface area contributed by atoms with Gasteiger partial charge in [0.25, 0.3) is 5.91 Å². The van der Waals surface area contributed by atoms with Gasteiger partial charge in [-0.25, -0.2) is 4.39 Å². The second-order valence-electron chi connectivity index (χ2n) is 7.99. The van der Waals surface area contributed by atoms with Gasteiger partial charge < -0.3 is 14.2 Å². The van der Waals surface area contributed by atoms with Crippen LogP contribution in [0.3, 0.4) is 0 Å². The van der Waals surface area contributed by atoms with Gasteiger partial charge in [-0.2, -0.15) is 0 Å². The second kappa shape index (κ2) is 7.53. The van der Waals surface area contributed by atoms with Gasteiger partial charge in [-0.15, -0.1) is 10.2 Å². The molecular weight excluding hydrogens is 359 g/mol. The minimum atomic E-state index is -0.512. The molecule has 2 aliphatic rings. The third kappa shape index (κ3) is 3.16. The zero-order valence-electron chi connectivity index (χ0n) is 16.5. The van der Waals surface area contributed by atoms with Gasteiger partial charge in [0.2, 0.25) is 0 Å². The number of nitrogens with zero attached hydrogens (tertiary/aromatic N) is 4. The molecule has 1 atom stereocenters. The normalized spacial score (nSPS) is 21.2. The molecule has 150 valence electrons. The maximum atomic E-state index is 14.1. The number of hydrogen-bond donors (Lipinski definition) is 0. The summed E-state index contributed by atoms with van der Waals surface area (Å²) >= 11 is 0. The molecule has 0 radical (unpaired) electrons. The van der Waals surface area contributed by atoms with Crippen LogP contribution in [0.25, 0.3) is 0 Å². The molecule has 2 fully saturated rings. The summed E-state index contributed by atoms with van der Waals surface area (Å²) in [4.78, 5) is 15.1. The molecule has 0 N–H and O–H groups in total. The fraction of sp³-hybridized carbons (Fsp3) is 0.571. The lowest BCUT2D eigenvalue weighted by atomic mass is 9.67. The molecule has 1 saturated heterocycles. The molecule has 1 aliphatic heterocycles. The highest BCUT2D eigenvalue weighted by Crippen LogP contribution is 2.51. The van der Waals surface area contributed by atoms with Crippen molar-refractivity contribution in [2.75, 3.05) is 20.2 Å². The second-order valence-corrected chi connectivity index (χ2v) is 7.99. The maximum Gasteiger partial charge on any atom is 0.254 e. The van der Waals surface area contributed by atoms with E-state index in [4.69, 9.17) is 4.74 Å². The van der Waals surface area contributed by atoms with Gasteiger partial charge in [0, 0.05) is 31.1 Å². The van der Waals surface area contributed by atoms with E-state index in [-0.39, 0.29) is 23.0 Å². The Morgan fingerprint density at radius 3 is 2.79 bits per heavy atom. The smallest absolute Gasteiger partial charge is 0.254 e. The number of carbonyl (C=O) groups is 1. The van der Waals surface area contributed by atoms with Crippen LogP contribution in [0.2, 0.25) is 0 Å². The molecule has 1 aromatic heterocycles. The minimum Gasteiger partial charge on any atom is -0.494 e. The van der Waals surface area contributed by atoms with E-state index in [2.05, 4.69) is 21.7 Å². The summed E-state index contributed by atoms with van der Waals surface area (Å²) in [5.74, 6) is 0.650. The van der Waals surface area contributed by atoms with E-state index >= 15 is 0 Å². The molecule has 2 aromatic rings. The van der Waals surface area contributed by atoms with E-state index in [0.29, 0.717) is 18.7 Å². The lowest BCUT2D eigenvalue weighted by Gasteiger charge is -2.37. The van der Waals surface area contributed by atoms with Crippen LogP contribution in [0.1, 0.15) is 61.1 Å². The summed E-state index contributed by atoms with van der Waals surface area (Å²) in [7, 11) is 1.42. The third-order valence-electron chi connectivity index (χ3n) is 6.48. The Labute approximate surface area is 164 Å². The molecule has 6 nitrogen and oxygen atoms in total. The number of likely N-dealkylation sites (tertiary alicyclic amines) is 1. The monoisotopic (exact) mass is 386 g/mol. The van der Waals surface area contributed by atoms with E-state index in [0.717, 1.165) is 25.2 Å². The average Bonchev–Trinajstić information content (AvgIpc) is 3.32.